The predicted octanol–water partition coefficient (Wildman–Crippen LogP) is 3.57. The SMILES string of the molecule is O=C(NCC1CCN(CC(F)(F)F)CC1)Nc1ccc2c(c1)CCC2. The minimum absolute atomic E-state index is 0.232. The molecule has 0 spiro atoms. The van der Waals surface area contributed by atoms with Crippen molar-refractivity contribution in [1.82, 2.24) is 10.2 Å². The smallest absolute Gasteiger partial charge is 0.338 e. The summed E-state index contributed by atoms with van der Waals surface area (Å²) in [6.07, 6.45) is 0.543. The van der Waals surface area contributed by atoms with Gasteiger partial charge < -0.3 is 10.6 Å². The molecule has 0 saturated carbocycles. The molecule has 4 nitrogen and oxygen atoms in total. The monoisotopic (exact) mass is 355 g/mol. The second kappa shape index (κ2) is 7.64. The van der Waals surface area contributed by atoms with Gasteiger partial charge in [0.2, 0.25) is 0 Å². The lowest BCUT2D eigenvalue weighted by Crippen LogP contribution is -2.43. The molecule has 1 saturated heterocycles. The van der Waals surface area contributed by atoms with Crippen LogP contribution in [0.15, 0.2) is 18.2 Å². The maximum Gasteiger partial charge on any atom is 0.401 e. The van der Waals surface area contributed by atoms with E-state index in [2.05, 4.69) is 16.7 Å². The van der Waals surface area contributed by atoms with Crippen LogP contribution in [0.25, 0.3) is 0 Å². The molecule has 25 heavy (non-hydrogen) atoms. The van der Waals surface area contributed by atoms with Gasteiger partial charge >= 0.3 is 12.2 Å². The van der Waals surface area contributed by atoms with Gasteiger partial charge in [0.15, 0.2) is 0 Å². The van der Waals surface area contributed by atoms with Gasteiger partial charge in [-0.1, -0.05) is 6.07 Å². The fraction of sp³-hybridized carbons (Fsp3) is 0.611. The number of benzene rings is 1. The van der Waals surface area contributed by atoms with E-state index >= 15 is 0 Å². The summed E-state index contributed by atoms with van der Waals surface area (Å²) in [6.45, 7) is 0.513. The maximum atomic E-state index is 12.4. The molecule has 0 radical (unpaired) electrons. The third kappa shape index (κ3) is 5.36. The molecule has 1 aliphatic heterocycles. The summed E-state index contributed by atoms with van der Waals surface area (Å²) in [5, 5.41) is 5.68. The summed E-state index contributed by atoms with van der Waals surface area (Å²) in [5.74, 6) is 0.232. The summed E-state index contributed by atoms with van der Waals surface area (Å²) >= 11 is 0. The molecule has 7 heteroatoms. The molecular formula is C18H24F3N3O. The second-order valence-electron chi connectivity index (χ2n) is 7.01. The van der Waals surface area contributed by atoms with Gasteiger partial charge in [0, 0.05) is 12.2 Å². The van der Waals surface area contributed by atoms with Crippen molar-refractivity contribution in [3.63, 3.8) is 0 Å². The van der Waals surface area contributed by atoms with Crippen LogP contribution in [0.4, 0.5) is 23.7 Å². The number of anilines is 1. The van der Waals surface area contributed by atoms with Crippen LogP contribution in [0.5, 0.6) is 0 Å². The molecule has 2 aliphatic rings. The van der Waals surface area contributed by atoms with E-state index in [1.807, 2.05) is 12.1 Å². The van der Waals surface area contributed by atoms with Crippen molar-refractivity contribution < 1.29 is 18.0 Å². The average molecular weight is 355 g/mol. The number of urea groups is 1. The normalized spacial score (nSPS) is 18.8. The van der Waals surface area contributed by atoms with E-state index in [-0.39, 0.29) is 11.9 Å². The van der Waals surface area contributed by atoms with Crippen LogP contribution >= 0.6 is 0 Å². The largest absolute Gasteiger partial charge is 0.401 e. The minimum atomic E-state index is -4.14. The topological polar surface area (TPSA) is 44.4 Å². The molecule has 2 amide bonds. The standard InChI is InChI=1S/C18H24F3N3O/c19-18(20,21)12-24-8-6-13(7-9-24)11-22-17(25)23-16-5-4-14-2-1-3-15(14)10-16/h4-5,10,13H,1-3,6-9,11-12H2,(H2,22,23,25). The van der Waals surface area contributed by atoms with Crippen LogP contribution in [-0.4, -0.2) is 43.3 Å². The molecule has 1 heterocycles. The number of piperidine rings is 1. The van der Waals surface area contributed by atoms with Gasteiger partial charge in [0.25, 0.3) is 0 Å². The molecule has 0 atom stereocenters. The van der Waals surface area contributed by atoms with Gasteiger partial charge in [0.05, 0.1) is 6.54 Å². The Balaban J connectivity index is 1.38. The number of alkyl halides is 3. The predicted molar refractivity (Wildman–Crippen MR) is 90.7 cm³/mol. The number of carbonyl (C=O) groups is 1. The summed E-state index contributed by atoms with van der Waals surface area (Å²) in [7, 11) is 0. The fourth-order valence-corrected chi connectivity index (χ4v) is 3.66. The van der Waals surface area contributed by atoms with Crippen LogP contribution in [-0.2, 0) is 12.8 Å². The Morgan fingerprint density at radius 3 is 2.60 bits per heavy atom. The number of rotatable bonds is 4. The van der Waals surface area contributed by atoms with E-state index in [9.17, 15) is 18.0 Å². The molecule has 1 aromatic rings. The lowest BCUT2D eigenvalue weighted by Gasteiger charge is -2.32. The highest BCUT2D eigenvalue weighted by atomic mass is 19.4. The maximum absolute atomic E-state index is 12.4. The highest BCUT2D eigenvalue weighted by molar-refractivity contribution is 5.89. The van der Waals surface area contributed by atoms with Crippen LogP contribution in [0.3, 0.4) is 0 Å². The molecule has 138 valence electrons. The average Bonchev–Trinajstić information content (AvgIpc) is 3.00. The van der Waals surface area contributed by atoms with Crippen LogP contribution in [0.2, 0.25) is 0 Å². The van der Waals surface area contributed by atoms with Crippen molar-refractivity contribution in [1.29, 1.82) is 0 Å². The molecule has 0 unspecified atom stereocenters. The number of carbonyl (C=O) groups excluding carboxylic acids is 1. The number of halogens is 3. The number of hydrogen-bond acceptors (Lipinski definition) is 2. The Bertz CT molecular complexity index is 610. The Labute approximate surface area is 145 Å². The summed E-state index contributed by atoms with van der Waals surface area (Å²) < 4.78 is 37.1. The van der Waals surface area contributed by atoms with Gasteiger partial charge in [-0.25, -0.2) is 4.79 Å². The van der Waals surface area contributed by atoms with Gasteiger partial charge in [0.1, 0.15) is 0 Å². The van der Waals surface area contributed by atoms with Crippen molar-refractivity contribution in [2.75, 3.05) is 31.5 Å². The van der Waals surface area contributed by atoms with Crippen molar-refractivity contribution in [3.05, 3.63) is 29.3 Å². The van der Waals surface area contributed by atoms with Gasteiger partial charge in [-0.15, -0.1) is 0 Å². The van der Waals surface area contributed by atoms with Crippen molar-refractivity contribution in [3.8, 4) is 0 Å². The van der Waals surface area contributed by atoms with Crippen LogP contribution in [0, 0.1) is 5.92 Å². The van der Waals surface area contributed by atoms with E-state index < -0.39 is 12.7 Å². The molecule has 0 aromatic heterocycles. The minimum Gasteiger partial charge on any atom is -0.338 e. The third-order valence-corrected chi connectivity index (χ3v) is 5.02. The van der Waals surface area contributed by atoms with E-state index in [1.54, 1.807) is 0 Å². The first-order valence-electron chi connectivity index (χ1n) is 8.85. The van der Waals surface area contributed by atoms with Crippen LogP contribution in [0.1, 0.15) is 30.4 Å². The summed E-state index contributed by atoms with van der Waals surface area (Å²) in [6, 6.07) is 5.75. The highest BCUT2D eigenvalue weighted by Crippen LogP contribution is 2.25. The number of fused-ring (bicyclic) bond motifs is 1. The highest BCUT2D eigenvalue weighted by Gasteiger charge is 2.32. The molecule has 0 bridgehead atoms. The Morgan fingerprint density at radius 1 is 1.16 bits per heavy atom. The van der Waals surface area contributed by atoms with Crippen molar-refractivity contribution in [2.24, 2.45) is 5.92 Å². The third-order valence-electron chi connectivity index (χ3n) is 5.02. The van der Waals surface area contributed by atoms with Crippen molar-refractivity contribution in [2.45, 2.75) is 38.3 Å². The Kier molecular flexibility index (Phi) is 5.51. The molecular weight excluding hydrogens is 331 g/mol. The van der Waals surface area contributed by atoms with Gasteiger partial charge in [-0.05, 0) is 74.4 Å². The lowest BCUT2D eigenvalue weighted by atomic mass is 9.97. The number of hydrogen-bond donors (Lipinski definition) is 2. The summed E-state index contributed by atoms with van der Waals surface area (Å²) in [5.41, 5.74) is 3.45. The lowest BCUT2D eigenvalue weighted by molar-refractivity contribution is -0.148. The zero-order valence-electron chi connectivity index (χ0n) is 14.2. The van der Waals surface area contributed by atoms with Crippen molar-refractivity contribution >= 4 is 11.7 Å². The molecule has 1 aromatic carbocycles. The molecule has 1 fully saturated rings. The molecule has 2 N–H and O–H groups in total. The first kappa shape index (κ1) is 18.0. The first-order valence-corrected chi connectivity index (χ1v) is 8.85. The first-order chi connectivity index (χ1) is 11.9. The van der Waals surface area contributed by atoms with E-state index in [0.717, 1.165) is 24.9 Å². The van der Waals surface area contributed by atoms with Gasteiger partial charge in [-0.2, -0.15) is 13.2 Å². The van der Waals surface area contributed by atoms with E-state index in [4.69, 9.17) is 0 Å². The van der Waals surface area contributed by atoms with Gasteiger partial charge in [-0.3, -0.25) is 4.90 Å². The summed E-state index contributed by atoms with van der Waals surface area (Å²) in [4.78, 5) is 13.5. The molecule has 3 rings (SSSR count). The second-order valence-corrected chi connectivity index (χ2v) is 7.01. The number of nitrogens with zero attached hydrogens (tertiary/aromatic N) is 1. The molecule has 1 aliphatic carbocycles. The fourth-order valence-electron chi connectivity index (χ4n) is 3.66. The zero-order chi connectivity index (χ0) is 17.9. The number of likely N-dealkylation sites (tertiary alicyclic amines) is 1. The van der Waals surface area contributed by atoms with E-state index in [1.165, 1.54) is 16.0 Å². The van der Waals surface area contributed by atoms with Crippen LogP contribution < -0.4 is 10.6 Å². The Hall–Kier alpha value is -1.76. The Morgan fingerprint density at radius 2 is 1.88 bits per heavy atom. The zero-order valence-corrected chi connectivity index (χ0v) is 14.2. The number of aryl methyl sites for hydroxylation is 2. The number of nitrogens with one attached hydrogen (secondary N) is 2. The number of amides is 2. The van der Waals surface area contributed by atoms with E-state index in [0.29, 0.717) is 32.5 Å². The quantitative estimate of drug-likeness (QED) is 0.867.